The smallest absolute Gasteiger partial charge is 0.130 e. The maximum atomic E-state index is 13.4. The van der Waals surface area contributed by atoms with Gasteiger partial charge in [-0.3, -0.25) is 0 Å². The van der Waals surface area contributed by atoms with Crippen LogP contribution < -0.4 is 5.32 Å². The van der Waals surface area contributed by atoms with Crippen molar-refractivity contribution in [3.05, 3.63) is 35.4 Å². The van der Waals surface area contributed by atoms with Crippen LogP contribution in [-0.2, 0) is 0 Å². The molecule has 1 heterocycles. The molecule has 15 heavy (non-hydrogen) atoms. The van der Waals surface area contributed by atoms with E-state index in [1.165, 1.54) is 18.2 Å². The van der Waals surface area contributed by atoms with Gasteiger partial charge in [-0.15, -0.1) is 0 Å². The summed E-state index contributed by atoms with van der Waals surface area (Å²) in [4.78, 5) is 0. The Kier molecular flexibility index (Phi) is 3.26. The number of thioether (sulfide) groups is 1. The van der Waals surface area contributed by atoms with Crippen LogP contribution in [0.25, 0.3) is 0 Å². The molecule has 0 spiro atoms. The van der Waals surface area contributed by atoms with E-state index in [1.807, 2.05) is 0 Å². The van der Waals surface area contributed by atoms with Crippen molar-refractivity contribution in [2.45, 2.75) is 18.2 Å². The third-order valence-corrected chi connectivity index (χ3v) is 3.81. The summed E-state index contributed by atoms with van der Waals surface area (Å²) in [5, 5.41) is 3.68. The quantitative estimate of drug-likeness (QED) is 0.794. The molecule has 1 aromatic rings. The lowest BCUT2D eigenvalue weighted by atomic mass is 10.1. The summed E-state index contributed by atoms with van der Waals surface area (Å²) in [5.41, 5.74) is 0.178. The van der Waals surface area contributed by atoms with Gasteiger partial charge >= 0.3 is 0 Å². The topological polar surface area (TPSA) is 12.0 Å². The molecule has 1 saturated heterocycles. The SMILES string of the molecule is CC1CNC(c2c(F)cccc2F)CS1. The maximum Gasteiger partial charge on any atom is 0.130 e. The highest BCUT2D eigenvalue weighted by atomic mass is 32.2. The first kappa shape index (κ1) is 10.9. The van der Waals surface area contributed by atoms with Gasteiger partial charge in [-0.2, -0.15) is 11.8 Å². The first-order valence-electron chi connectivity index (χ1n) is 4.97. The van der Waals surface area contributed by atoms with Gasteiger partial charge < -0.3 is 5.32 Å². The molecule has 2 atom stereocenters. The van der Waals surface area contributed by atoms with Crippen LogP contribution in [-0.4, -0.2) is 17.5 Å². The third kappa shape index (κ3) is 2.32. The van der Waals surface area contributed by atoms with E-state index in [9.17, 15) is 8.78 Å². The second-order valence-electron chi connectivity index (χ2n) is 3.74. The van der Waals surface area contributed by atoms with Crippen LogP contribution in [0.3, 0.4) is 0 Å². The number of hydrogen-bond acceptors (Lipinski definition) is 2. The molecule has 0 amide bonds. The zero-order valence-corrected chi connectivity index (χ0v) is 9.28. The van der Waals surface area contributed by atoms with Gasteiger partial charge in [0.15, 0.2) is 0 Å². The van der Waals surface area contributed by atoms with Crippen LogP contribution in [0.1, 0.15) is 18.5 Å². The van der Waals surface area contributed by atoms with Gasteiger partial charge in [0.2, 0.25) is 0 Å². The monoisotopic (exact) mass is 229 g/mol. The van der Waals surface area contributed by atoms with Crippen molar-refractivity contribution in [2.24, 2.45) is 0 Å². The molecule has 1 aliphatic heterocycles. The Bertz CT molecular complexity index is 328. The van der Waals surface area contributed by atoms with E-state index < -0.39 is 11.6 Å². The number of rotatable bonds is 1. The van der Waals surface area contributed by atoms with Gasteiger partial charge in [0, 0.05) is 29.2 Å². The number of nitrogens with one attached hydrogen (secondary N) is 1. The Morgan fingerprint density at radius 2 is 2.00 bits per heavy atom. The second-order valence-corrected chi connectivity index (χ2v) is 5.21. The van der Waals surface area contributed by atoms with Gasteiger partial charge in [0.05, 0.1) is 0 Å². The molecule has 2 unspecified atom stereocenters. The summed E-state index contributed by atoms with van der Waals surface area (Å²) in [7, 11) is 0. The van der Waals surface area contributed by atoms with Crippen molar-refractivity contribution in [3.8, 4) is 0 Å². The molecule has 1 aromatic carbocycles. The minimum Gasteiger partial charge on any atom is -0.308 e. The van der Waals surface area contributed by atoms with Crippen LogP contribution in [0.2, 0.25) is 0 Å². The fourth-order valence-electron chi connectivity index (χ4n) is 1.72. The maximum absolute atomic E-state index is 13.4. The summed E-state index contributed by atoms with van der Waals surface area (Å²) < 4.78 is 26.9. The molecular weight excluding hydrogens is 216 g/mol. The average Bonchev–Trinajstić information content (AvgIpc) is 2.20. The summed E-state index contributed by atoms with van der Waals surface area (Å²) >= 11 is 1.74. The molecule has 0 aromatic heterocycles. The summed E-state index contributed by atoms with van der Waals surface area (Å²) in [6.07, 6.45) is 0. The van der Waals surface area contributed by atoms with Crippen molar-refractivity contribution < 1.29 is 8.78 Å². The standard InChI is InChI=1S/C11H13F2NS/c1-7-5-14-10(6-15-7)11-8(12)3-2-4-9(11)13/h2-4,7,10,14H,5-6H2,1H3. The Morgan fingerprint density at radius 3 is 2.53 bits per heavy atom. The lowest BCUT2D eigenvalue weighted by molar-refractivity contribution is 0.485. The van der Waals surface area contributed by atoms with Gasteiger partial charge in [0.1, 0.15) is 11.6 Å². The van der Waals surface area contributed by atoms with E-state index in [-0.39, 0.29) is 11.6 Å². The first-order chi connectivity index (χ1) is 7.18. The fraction of sp³-hybridized carbons (Fsp3) is 0.455. The Hall–Kier alpha value is -0.610. The molecule has 1 N–H and O–H groups in total. The minimum absolute atomic E-state index is 0.178. The molecule has 4 heteroatoms. The Labute approximate surface area is 92.3 Å². The molecule has 2 rings (SSSR count). The first-order valence-corrected chi connectivity index (χ1v) is 6.02. The molecule has 0 radical (unpaired) electrons. The largest absolute Gasteiger partial charge is 0.308 e. The normalized spacial score (nSPS) is 26.6. The molecule has 82 valence electrons. The van der Waals surface area contributed by atoms with Gasteiger partial charge in [-0.25, -0.2) is 8.78 Å². The zero-order valence-electron chi connectivity index (χ0n) is 8.47. The highest BCUT2D eigenvalue weighted by Gasteiger charge is 2.24. The third-order valence-electron chi connectivity index (χ3n) is 2.55. The van der Waals surface area contributed by atoms with Crippen molar-refractivity contribution in [1.29, 1.82) is 0 Å². The van der Waals surface area contributed by atoms with Crippen molar-refractivity contribution in [3.63, 3.8) is 0 Å². The molecular formula is C11H13F2NS. The lowest BCUT2D eigenvalue weighted by Gasteiger charge is -2.28. The second kappa shape index (κ2) is 4.49. The number of halogens is 2. The fourth-order valence-corrected chi connectivity index (χ4v) is 2.74. The van der Waals surface area contributed by atoms with Gasteiger partial charge in [-0.1, -0.05) is 13.0 Å². The predicted octanol–water partition coefficient (Wildman–Crippen LogP) is 2.73. The van der Waals surface area contributed by atoms with Crippen molar-refractivity contribution >= 4 is 11.8 Å². The summed E-state index contributed by atoms with van der Waals surface area (Å²) in [6, 6.07) is 3.81. The van der Waals surface area contributed by atoms with Crippen LogP contribution in [0, 0.1) is 11.6 Å². The summed E-state index contributed by atoms with van der Waals surface area (Å²) in [5.74, 6) is -0.191. The number of hydrogen-bond donors (Lipinski definition) is 1. The Morgan fingerprint density at radius 1 is 1.33 bits per heavy atom. The van der Waals surface area contributed by atoms with Crippen molar-refractivity contribution in [2.75, 3.05) is 12.3 Å². The van der Waals surface area contributed by atoms with E-state index in [0.29, 0.717) is 5.25 Å². The highest BCUT2D eigenvalue weighted by molar-refractivity contribution is 8.00. The van der Waals surface area contributed by atoms with Gasteiger partial charge in [0.25, 0.3) is 0 Å². The van der Waals surface area contributed by atoms with Crippen molar-refractivity contribution in [1.82, 2.24) is 5.32 Å². The van der Waals surface area contributed by atoms with Crippen LogP contribution >= 0.6 is 11.8 Å². The highest BCUT2D eigenvalue weighted by Crippen LogP contribution is 2.28. The Balaban J connectivity index is 2.22. The van der Waals surface area contributed by atoms with E-state index in [1.54, 1.807) is 11.8 Å². The molecule has 1 nitrogen and oxygen atoms in total. The zero-order chi connectivity index (χ0) is 10.8. The van der Waals surface area contributed by atoms with Crippen LogP contribution in [0.5, 0.6) is 0 Å². The lowest BCUT2D eigenvalue weighted by Crippen LogP contribution is -2.35. The van der Waals surface area contributed by atoms with Gasteiger partial charge in [-0.05, 0) is 12.1 Å². The average molecular weight is 229 g/mol. The molecule has 0 aliphatic carbocycles. The molecule has 1 aliphatic rings. The molecule has 0 saturated carbocycles. The van der Waals surface area contributed by atoms with E-state index in [0.717, 1.165) is 12.3 Å². The molecule has 1 fully saturated rings. The van der Waals surface area contributed by atoms with E-state index >= 15 is 0 Å². The van der Waals surface area contributed by atoms with Crippen LogP contribution in [0.15, 0.2) is 18.2 Å². The summed E-state index contributed by atoms with van der Waals surface area (Å²) in [6.45, 7) is 2.90. The minimum atomic E-state index is -0.456. The van der Waals surface area contributed by atoms with E-state index in [2.05, 4.69) is 12.2 Å². The predicted molar refractivity (Wildman–Crippen MR) is 59.0 cm³/mol. The number of benzene rings is 1. The molecule has 0 bridgehead atoms. The van der Waals surface area contributed by atoms with Crippen LogP contribution in [0.4, 0.5) is 8.78 Å². The van der Waals surface area contributed by atoms with E-state index in [4.69, 9.17) is 0 Å².